The molecule has 1 aromatic rings. The zero-order valence-corrected chi connectivity index (χ0v) is 12.4. The summed E-state index contributed by atoms with van der Waals surface area (Å²) in [6.45, 7) is 11.6. The molecule has 0 spiro atoms. The van der Waals surface area contributed by atoms with Crippen LogP contribution in [0.1, 0.15) is 31.0 Å². The highest BCUT2D eigenvalue weighted by Crippen LogP contribution is 2.16. The van der Waals surface area contributed by atoms with Gasteiger partial charge in [-0.3, -0.25) is 4.90 Å². The van der Waals surface area contributed by atoms with E-state index in [1.54, 1.807) is 0 Å². The van der Waals surface area contributed by atoms with Gasteiger partial charge in [-0.05, 0) is 31.9 Å². The van der Waals surface area contributed by atoms with Crippen LogP contribution in [0.5, 0.6) is 0 Å². The molecular weight excluding hydrogens is 236 g/mol. The number of rotatable bonds is 5. The molecule has 2 atom stereocenters. The monoisotopic (exact) mass is 262 g/mol. The lowest BCUT2D eigenvalue weighted by Gasteiger charge is -2.33. The van der Waals surface area contributed by atoms with Crippen molar-refractivity contribution >= 4 is 0 Å². The number of nitrogens with zero attached hydrogens (tertiary/aromatic N) is 1. The van der Waals surface area contributed by atoms with Crippen molar-refractivity contribution in [2.45, 2.75) is 32.9 Å². The second kappa shape index (κ2) is 7.04. The largest absolute Gasteiger partial charge is 0.379 e. The number of nitrogens with one attached hydrogen (secondary N) is 1. The fourth-order valence-corrected chi connectivity index (χ4v) is 2.68. The summed E-state index contributed by atoms with van der Waals surface area (Å²) in [7, 11) is 0. The zero-order valence-electron chi connectivity index (χ0n) is 12.4. The number of ether oxygens (including phenoxy) is 1. The predicted octanol–water partition coefficient (Wildman–Crippen LogP) is 2.37. The van der Waals surface area contributed by atoms with Crippen LogP contribution in [0.15, 0.2) is 24.3 Å². The van der Waals surface area contributed by atoms with Gasteiger partial charge in [0.2, 0.25) is 0 Å². The molecule has 3 nitrogen and oxygen atoms in total. The summed E-state index contributed by atoms with van der Waals surface area (Å²) < 4.78 is 5.40. The minimum Gasteiger partial charge on any atom is -0.379 e. The van der Waals surface area contributed by atoms with Gasteiger partial charge in [0, 0.05) is 31.7 Å². The van der Waals surface area contributed by atoms with E-state index in [0.717, 1.165) is 32.8 Å². The Morgan fingerprint density at radius 1 is 1.21 bits per heavy atom. The lowest BCUT2D eigenvalue weighted by molar-refractivity contribution is 0.0200. The molecule has 1 aliphatic heterocycles. The van der Waals surface area contributed by atoms with Crippen LogP contribution in [0.4, 0.5) is 0 Å². The predicted molar refractivity (Wildman–Crippen MR) is 79.5 cm³/mol. The average Bonchev–Trinajstić information content (AvgIpc) is 2.46. The molecule has 1 aliphatic rings. The standard InChI is InChI=1S/C16H26N2O/c1-13-6-4-5-7-16(13)15(3)17-12-14(2)18-8-10-19-11-9-18/h4-7,14-15,17H,8-12H2,1-3H3/t14-,15-/m1/s1. The lowest BCUT2D eigenvalue weighted by atomic mass is 10.0. The van der Waals surface area contributed by atoms with Crippen LogP contribution < -0.4 is 5.32 Å². The number of hydrogen-bond acceptors (Lipinski definition) is 3. The molecule has 1 saturated heterocycles. The van der Waals surface area contributed by atoms with Gasteiger partial charge in [0.05, 0.1) is 13.2 Å². The molecule has 106 valence electrons. The van der Waals surface area contributed by atoms with Crippen molar-refractivity contribution in [2.24, 2.45) is 0 Å². The van der Waals surface area contributed by atoms with Gasteiger partial charge in [0.1, 0.15) is 0 Å². The molecule has 0 amide bonds. The Labute approximate surface area is 116 Å². The number of morpholine rings is 1. The molecule has 0 aromatic heterocycles. The third-order valence-corrected chi connectivity index (χ3v) is 4.04. The maximum Gasteiger partial charge on any atom is 0.0594 e. The van der Waals surface area contributed by atoms with Crippen LogP contribution in [0, 0.1) is 6.92 Å². The van der Waals surface area contributed by atoms with Crippen molar-refractivity contribution in [1.29, 1.82) is 0 Å². The van der Waals surface area contributed by atoms with Crippen LogP contribution in [-0.4, -0.2) is 43.8 Å². The molecular formula is C16H26N2O. The Morgan fingerprint density at radius 3 is 2.58 bits per heavy atom. The van der Waals surface area contributed by atoms with E-state index in [4.69, 9.17) is 4.74 Å². The second-order valence-electron chi connectivity index (χ2n) is 5.48. The van der Waals surface area contributed by atoms with Crippen molar-refractivity contribution in [3.8, 4) is 0 Å². The average molecular weight is 262 g/mol. The Kier molecular flexibility index (Phi) is 5.37. The van der Waals surface area contributed by atoms with E-state index in [1.165, 1.54) is 11.1 Å². The van der Waals surface area contributed by atoms with E-state index in [0.29, 0.717) is 12.1 Å². The number of hydrogen-bond donors (Lipinski definition) is 1. The first-order chi connectivity index (χ1) is 9.18. The quantitative estimate of drug-likeness (QED) is 0.881. The molecule has 0 radical (unpaired) electrons. The zero-order chi connectivity index (χ0) is 13.7. The molecule has 1 heterocycles. The number of benzene rings is 1. The highest BCUT2D eigenvalue weighted by atomic mass is 16.5. The summed E-state index contributed by atoms with van der Waals surface area (Å²) in [5.74, 6) is 0. The van der Waals surface area contributed by atoms with Gasteiger partial charge in [-0.2, -0.15) is 0 Å². The van der Waals surface area contributed by atoms with Gasteiger partial charge in [0.15, 0.2) is 0 Å². The summed E-state index contributed by atoms with van der Waals surface area (Å²) in [6, 6.07) is 9.58. The van der Waals surface area contributed by atoms with Gasteiger partial charge in [-0.1, -0.05) is 24.3 Å². The SMILES string of the molecule is Cc1ccccc1[C@@H](C)NC[C@@H](C)N1CCOCC1. The third-order valence-electron chi connectivity index (χ3n) is 4.04. The van der Waals surface area contributed by atoms with E-state index in [9.17, 15) is 0 Å². The molecule has 1 aromatic carbocycles. The Morgan fingerprint density at radius 2 is 1.89 bits per heavy atom. The first kappa shape index (κ1) is 14.5. The van der Waals surface area contributed by atoms with Gasteiger partial charge in [0.25, 0.3) is 0 Å². The van der Waals surface area contributed by atoms with Gasteiger partial charge in [-0.15, -0.1) is 0 Å². The maximum absolute atomic E-state index is 5.40. The highest BCUT2D eigenvalue weighted by molar-refractivity contribution is 5.28. The van der Waals surface area contributed by atoms with E-state index in [1.807, 2.05) is 0 Å². The van der Waals surface area contributed by atoms with E-state index < -0.39 is 0 Å². The first-order valence-corrected chi connectivity index (χ1v) is 7.29. The molecule has 0 aliphatic carbocycles. The number of aryl methyl sites for hydroxylation is 1. The van der Waals surface area contributed by atoms with Crippen LogP contribution in [0.3, 0.4) is 0 Å². The molecule has 2 rings (SSSR count). The van der Waals surface area contributed by atoms with E-state index in [2.05, 4.69) is 55.3 Å². The van der Waals surface area contributed by atoms with E-state index >= 15 is 0 Å². The second-order valence-corrected chi connectivity index (χ2v) is 5.48. The minimum atomic E-state index is 0.407. The fraction of sp³-hybridized carbons (Fsp3) is 0.625. The summed E-state index contributed by atoms with van der Waals surface area (Å²) in [6.07, 6.45) is 0. The van der Waals surface area contributed by atoms with Crippen molar-refractivity contribution in [3.05, 3.63) is 35.4 Å². The van der Waals surface area contributed by atoms with Crippen LogP contribution in [-0.2, 0) is 4.74 Å². The van der Waals surface area contributed by atoms with Gasteiger partial charge < -0.3 is 10.1 Å². The molecule has 1 fully saturated rings. The van der Waals surface area contributed by atoms with Crippen molar-refractivity contribution < 1.29 is 4.74 Å². The Balaban J connectivity index is 1.82. The first-order valence-electron chi connectivity index (χ1n) is 7.29. The summed E-state index contributed by atoms with van der Waals surface area (Å²) >= 11 is 0. The lowest BCUT2D eigenvalue weighted by Crippen LogP contribution is -2.46. The van der Waals surface area contributed by atoms with E-state index in [-0.39, 0.29) is 0 Å². The summed E-state index contributed by atoms with van der Waals surface area (Å²) in [5, 5.41) is 3.65. The van der Waals surface area contributed by atoms with Gasteiger partial charge in [-0.25, -0.2) is 0 Å². The third kappa shape index (κ3) is 4.03. The normalized spacial score (nSPS) is 20.2. The molecule has 1 N–H and O–H groups in total. The molecule has 19 heavy (non-hydrogen) atoms. The van der Waals surface area contributed by atoms with Crippen molar-refractivity contribution in [1.82, 2.24) is 10.2 Å². The fourth-order valence-electron chi connectivity index (χ4n) is 2.68. The summed E-state index contributed by atoms with van der Waals surface area (Å²) in [4.78, 5) is 2.50. The van der Waals surface area contributed by atoms with Crippen LogP contribution >= 0.6 is 0 Å². The molecule has 0 unspecified atom stereocenters. The van der Waals surface area contributed by atoms with Crippen molar-refractivity contribution in [3.63, 3.8) is 0 Å². The Hall–Kier alpha value is -0.900. The molecule has 3 heteroatoms. The maximum atomic E-state index is 5.40. The van der Waals surface area contributed by atoms with Crippen LogP contribution in [0.25, 0.3) is 0 Å². The van der Waals surface area contributed by atoms with Crippen molar-refractivity contribution in [2.75, 3.05) is 32.8 Å². The summed E-state index contributed by atoms with van der Waals surface area (Å²) in [5.41, 5.74) is 2.76. The highest BCUT2D eigenvalue weighted by Gasteiger charge is 2.17. The smallest absolute Gasteiger partial charge is 0.0594 e. The van der Waals surface area contributed by atoms with Crippen LogP contribution in [0.2, 0.25) is 0 Å². The minimum absolute atomic E-state index is 0.407. The Bertz CT molecular complexity index is 388. The molecule has 0 bridgehead atoms. The topological polar surface area (TPSA) is 24.5 Å². The van der Waals surface area contributed by atoms with Gasteiger partial charge >= 0.3 is 0 Å². The molecule has 0 saturated carbocycles.